The van der Waals surface area contributed by atoms with Crippen LogP contribution in [0.1, 0.15) is 105 Å². The fraction of sp³-hybridized carbons (Fsp3) is 0.583. The molecule has 2 saturated heterocycles. The van der Waals surface area contributed by atoms with Crippen molar-refractivity contribution >= 4 is 69.7 Å². The number of carbonyl (C=O) groups excluding carboxylic acids is 2. The van der Waals surface area contributed by atoms with E-state index in [0.717, 1.165) is 37.2 Å². The summed E-state index contributed by atoms with van der Waals surface area (Å²) in [4.78, 5) is 37.0. The number of rotatable bonds is 18. The fourth-order valence-corrected chi connectivity index (χ4v) is 11.2. The lowest BCUT2D eigenvalue weighted by Crippen LogP contribution is -2.31. The third kappa shape index (κ3) is 15.4. The van der Waals surface area contributed by atoms with Gasteiger partial charge in [-0.25, -0.2) is 0 Å². The Kier molecular flexibility index (Phi) is 20.7. The summed E-state index contributed by atoms with van der Waals surface area (Å²) in [5, 5.41) is 31.3. The van der Waals surface area contributed by atoms with Crippen molar-refractivity contribution in [2.45, 2.75) is 117 Å². The minimum atomic E-state index is -0.231. The monoisotopic (exact) mass is 930 g/mol. The third-order valence-corrected chi connectivity index (χ3v) is 14.5. The van der Waals surface area contributed by atoms with Crippen molar-refractivity contribution in [1.29, 1.82) is 0 Å². The van der Waals surface area contributed by atoms with Crippen molar-refractivity contribution in [2.75, 3.05) is 36.2 Å². The molecule has 2 aromatic rings. The number of halogens is 2. The second kappa shape index (κ2) is 25.8. The first kappa shape index (κ1) is 49.7. The van der Waals surface area contributed by atoms with Gasteiger partial charge in [-0.05, 0) is 148 Å². The van der Waals surface area contributed by atoms with Gasteiger partial charge in [0.2, 0.25) is 0 Å². The van der Waals surface area contributed by atoms with E-state index in [4.69, 9.17) is 42.4 Å². The second-order valence-corrected chi connectivity index (χ2v) is 19.9. The van der Waals surface area contributed by atoms with E-state index < -0.39 is 0 Å². The maximum atomic E-state index is 12.9. The van der Waals surface area contributed by atoms with E-state index in [1.54, 1.807) is 48.5 Å². The molecule has 4 aliphatic rings. The molecule has 6 atom stereocenters. The van der Waals surface area contributed by atoms with E-state index in [1.165, 1.54) is 24.3 Å². The van der Waals surface area contributed by atoms with Gasteiger partial charge in [0.1, 0.15) is 35.2 Å². The SMILES string of the molecule is CCC/C(=N\OCC(C)Oc1ccc(Cl)cc1)C1=C(O)CC(C2CCCSC2)CC1=O.CCCC(=NOCC(C)Oc1ccc(Cl)cc1)C1=C(O)CC(C2CCCSC2)CC1=O. The Hall–Kier alpha value is -3.32. The Morgan fingerprint density at radius 2 is 1.03 bits per heavy atom. The maximum absolute atomic E-state index is 12.9. The lowest BCUT2D eigenvalue weighted by Gasteiger charge is -2.32. The number of nitrogens with zero attached hydrogens (tertiary/aromatic N) is 2. The predicted octanol–water partition coefficient (Wildman–Crippen LogP) is 12.4. The quantitative estimate of drug-likeness (QED) is 0.110. The lowest BCUT2D eigenvalue weighted by atomic mass is 9.76. The molecular weight excluding hydrogens is 868 g/mol. The number of benzene rings is 2. The number of oxime groups is 2. The van der Waals surface area contributed by atoms with E-state index in [9.17, 15) is 19.8 Å². The van der Waals surface area contributed by atoms with Crippen molar-refractivity contribution in [3.8, 4) is 11.5 Å². The van der Waals surface area contributed by atoms with Crippen molar-refractivity contribution in [3.63, 3.8) is 0 Å². The smallest absolute Gasteiger partial charge is 0.168 e. The Labute approximate surface area is 386 Å². The number of hydrogen-bond donors (Lipinski definition) is 2. The summed E-state index contributed by atoms with van der Waals surface area (Å²) in [6, 6.07) is 14.3. The third-order valence-electron chi connectivity index (χ3n) is 11.5. The fourth-order valence-electron chi connectivity index (χ4n) is 8.35. The number of ketones is 2. The Morgan fingerprint density at radius 3 is 1.35 bits per heavy atom. The minimum absolute atomic E-state index is 0.00872. The summed E-state index contributed by atoms with van der Waals surface area (Å²) in [7, 11) is 0. The molecule has 0 radical (unpaired) electrons. The van der Waals surface area contributed by atoms with Crippen molar-refractivity contribution < 1.29 is 39.0 Å². The summed E-state index contributed by atoms with van der Waals surface area (Å²) in [5.74, 6) is 7.83. The van der Waals surface area contributed by atoms with Crippen LogP contribution >= 0.6 is 46.7 Å². The van der Waals surface area contributed by atoms with Crippen LogP contribution in [0.25, 0.3) is 0 Å². The van der Waals surface area contributed by atoms with Crippen molar-refractivity contribution in [3.05, 3.63) is 81.2 Å². The van der Waals surface area contributed by atoms with Crippen LogP contribution in [0.4, 0.5) is 0 Å². The van der Waals surface area contributed by atoms with Crippen LogP contribution in [-0.4, -0.2) is 81.6 Å². The summed E-state index contributed by atoms with van der Waals surface area (Å²) >= 11 is 15.7. The van der Waals surface area contributed by atoms with E-state index in [2.05, 4.69) is 10.3 Å². The van der Waals surface area contributed by atoms with E-state index in [0.29, 0.717) is 94.5 Å². The maximum Gasteiger partial charge on any atom is 0.168 e. The molecule has 14 heteroatoms. The van der Waals surface area contributed by atoms with E-state index >= 15 is 0 Å². The highest BCUT2D eigenvalue weighted by molar-refractivity contribution is 7.99. The Bertz CT molecular complexity index is 1740. The van der Waals surface area contributed by atoms with Gasteiger partial charge in [0.15, 0.2) is 24.8 Å². The number of thioether (sulfide) groups is 2. The zero-order chi connectivity index (χ0) is 44.4. The van der Waals surface area contributed by atoms with Gasteiger partial charge in [0.05, 0.1) is 22.6 Å². The van der Waals surface area contributed by atoms with Gasteiger partial charge in [0.25, 0.3) is 0 Å². The molecule has 2 aliphatic carbocycles. The molecule has 2 heterocycles. The number of carbonyl (C=O) groups is 2. The molecule has 6 rings (SSSR count). The first-order chi connectivity index (χ1) is 29.9. The molecule has 2 aliphatic heterocycles. The van der Waals surface area contributed by atoms with Crippen LogP contribution in [0.3, 0.4) is 0 Å². The largest absolute Gasteiger partial charge is 0.511 e. The van der Waals surface area contributed by atoms with Crippen LogP contribution < -0.4 is 9.47 Å². The van der Waals surface area contributed by atoms with Crippen molar-refractivity contribution in [2.24, 2.45) is 34.0 Å². The summed E-state index contributed by atoms with van der Waals surface area (Å²) in [6.45, 7) is 8.29. The molecule has 2 N–H and O–H groups in total. The first-order valence-corrected chi connectivity index (χ1v) is 25.3. The zero-order valence-corrected chi connectivity index (χ0v) is 39.8. The highest BCUT2D eigenvalue weighted by Crippen LogP contribution is 2.39. The standard InChI is InChI=1S/2C24H32ClNO4S/c2*1-3-5-21(26-29-14-16(2)30-20-9-7-19(25)8-10-20)24-22(27)12-18(13-23(24)28)17-6-4-11-31-15-17/h2*7-10,16-18,27H,3-6,11-15H2,1-2H3/b26-21+;. The van der Waals surface area contributed by atoms with Crippen LogP contribution in [0.5, 0.6) is 11.5 Å². The molecule has 62 heavy (non-hydrogen) atoms. The summed E-state index contributed by atoms with van der Waals surface area (Å²) in [5.41, 5.74) is 1.82. The topological polar surface area (TPSA) is 136 Å². The zero-order valence-electron chi connectivity index (χ0n) is 36.6. The average molecular weight is 932 g/mol. The molecule has 2 fully saturated rings. The number of allylic oxidation sites excluding steroid dienone is 4. The van der Waals surface area contributed by atoms with Crippen LogP contribution in [0.15, 0.2) is 81.5 Å². The minimum Gasteiger partial charge on any atom is -0.511 e. The van der Waals surface area contributed by atoms with E-state index in [-0.39, 0.29) is 60.3 Å². The van der Waals surface area contributed by atoms with Gasteiger partial charge < -0.3 is 29.4 Å². The summed E-state index contributed by atoms with van der Waals surface area (Å²) < 4.78 is 11.6. The molecule has 0 saturated carbocycles. The van der Waals surface area contributed by atoms with Gasteiger partial charge >= 0.3 is 0 Å². The first-order valence-electron chi connectivity index (χ1n) is 22.2. The van der Waals surface area contributed by atoms with Crippen molar-refractivity contribution in [1.82, 2.24) is 0 Å². The number of aliphatic hydroxyl groups excluding tert-OH is 2. The van der Waals surface area contributed by atoms with Gasteiger partial charge in [-0.1, -0.05) is 60.2 Å². The molecule has 0 aromatic heterocycles. The lowest BCUT2D eigenvalue weighted by molar-refractivity contribution is -0.118. The van der Waals surface area contributed by atoms with Crippen LogP contribution in [0, 0.1) is 23.7 Å². The highest BCUT2D eigenvalue weighted by Gasteiger charge is 2.36. The normalized spacial score (nSPS) is 23.6. The molecular formula is C48H64Cl2N2O8S2. The molecule has 6 unspecified atom stereocenters. The van der Waals surface area contributed by atoms with Gasteiger partial charge in [-0.2, -0.15) is 23.5 Å². The Morgan fingerprint density at radius 1 is 0.645 bits per heavy atom. The molecule has 2 aromatic carbocycles. The number of hydrogen-bond acceptors (Lipinski definition) is 12. The number of ether oxygens (including phenoxy) is 2. The predicted molar refractivity (Wildman–Crippen MR) is 255 cm³/mol. The molecule has 0 amide bonds. The molecule has 0 bridgehead atoms. The van der Waals surface area contributed by atoms with E-state index in [1.807, 2.05) is 51.2 Å². The van der Waals surface area contributed by atoms with Crippen LogP contribution in [-0.2, 0) is 19.3 Å². The average Bonchev–Trinajstić information content (AvgIpc) is 3.25. The summed E-state index contributed by atoms with van der Waals surface area (Å²) in [6.07, 6.45) is 9.13. The molecule has 10 nitrogen and oxygen atoms in total. The van der Waals surface area contributed by atoms with Gasteiger partial charge in [-0.3, -0.25) is 9.59 Å². The molecule has 0 spiro atoms. The number of Topliss-reactive ketones (excluding diaryl/α,β-unsaturated/α-hetero) is 2. The highest BCUT2D eigenvalue weighted by atomic mass is 35.5. The Balaban J connectivity index is 0.000000234. The van der Waals surface area contributed by atoms with Crippen LogP contribution in [0.2, 0.25) is 10.0 Å². The molecule has 340 valence electrons. The van der Waals surface area contributed by atoms with Gasteiger partial charge in [-0.15, -0.1) is 0 Å². The number of aliphatic hydroxyl groups is 2. The van der Waals surface area contributed by atoms with Gasteiger partial charge in [0, 0.05) is 35.7 Å². The second-order valence-electron chi connectivity index (χ2n) is 16.7.